The molecule has 0 aliphatic heterocycles. The topological polar surface area (TPSA) is 66.9 Å². The molecule has 0 radical (unpaired) electrons. The number of carbonyl (C=O) groups is 1. The lowest BCUT2D eigenvalue weighted by atomic mass is 10.1. The van der Waals surface area contributed by atoms with Gasteiger partial charge in [0.25, 0.3) is 5.91 Å². The number of hydrogen-bond donors (Lipinski definition) is 2. The Morgan fingerprint density at radius 3 is 2.41 bits per heavy atom. The van der Waals surface area contributed by atoms with Crippen LogP contribution in [-0.4, -0.2) is 21.9 Å². The van der Waals surface area contributed by atoms with Crippen molar-refractivity contribution in [2.24, 2.45) is 0 Å². The average molecular weight is 360 g/mol. The predicted octanol–water partition coefficient (Wildman–Crippen LogP) is 4.72. The van der Waals surface area contributed by atoms with Gasteiger partial charge in [-0.05, 0) is 44.0 Å². The maximum absolute atomic E-state index is 12.3. The summed E-state index contributed by atoms with van der Waals surface area (Å²) in [5, 5.41) is 6.12. The van der Waals surface area contributed by atoms with Gasteiger partial charge in [0.1, 0.15) is 0 Å². The molecule has 5 nitrogen and oxygen atoms in total. The van der Waals surface area contributed by atoms with Crippen LogP contribution in [0.3, 0.4) is 0 Å². The monoisotopic (exact) mass is 360 g/mol. The quantitative estimate of drug-likeness (QED) is 0.667. The van der Waals surface area contributed by atoms with Gasteiger partial charge in [0, 0.05) is 35.2 Å². The van der Waals surface area contributed by atoms with E-state index in [2.05, 4.69) is 51.8 Å². The number of aromatic nitrogens is 2. The molecule has 27 heavy (non-hydrogen) atoms. The van der Waals surface area contributed by atoms with Crippen molar-refractivity contribution in [3.8, 4) is 11.1 Å². The van der Waals surface area contributed by atoms with Gasteiger partial charge >= 0.3 is 0 Å². The normalized spacial score (nSPS) is 11.7. The third kappa shape index (κ3) is 4.91. The molecular formula is C22H24N4O. The van der Waals surface area contributed by atoms with E-state index in [1.807, 2.05) is 26.0 Å². The third-order valence-electron chi connectivity index (χ3n) is 4.41. The standard InChI is InChI=1S/C22H24N4O/c1-4-16(3)25-21(27)18-6-5-7-20(12-18)26-22-23-13-19(14-24-22)17-10-8-15(2)9-11-17/h5-14,16H,4H2,1-3H3,(H,25,27)(H,23,24,26)/t16-/m0/s1. The van der Waals surface area contributed by atoms with E-state index in [4.69, 9.17) is 0 Å². The lowest BCUT2D eigenvalue weighted by Gasteiger charge is -2.12. The Kier molecular flexibility index (Phi) is 5.81. The van der Waals surface area contributed by atoms with Crippen molar-refractivity contribution in [1.29, 1.82) is 0 Å². The van der Waals surface area contributed by atoms with Gasteiger partial charge < -0.3 is 10.6 Å². The van der Waals surface area contributed by atoms with Crippen LogP contribution in [0.2, 0.25) is 0 Å². The first-order valence-electron chi connectivity index (χ1n) is 9.12. The largest absolute Gasteiger partial charge is 0.350 e. The molecule has 3 aromatic rings. The Morgan fingerprint density at radius 2 is 1.74 bits per heavy atom. The fourth-order valence-corrected chi connectivity index (χ4v) is 2.56. The first kappa shape index (κ1) is 18.6. The first-order valence-corrected chi connectivity index (χ1v) is 9.12. The zero-order chi connectivity index (χ0) is 19.2. The smallest absolute Gasteiger partial charge is 0.251 e. The number of benzene rings is 2. The van der Waals surface area contributed by atoms with Gasteiger partial charge in [-0.1, -0.05) is 42.8 Å². The fraction of sp³-hybridized carbons (Fsp3) is 0.227. The second-order valence-corrected chi connectivity index (χ2v) is 6.65. The van der Waals surface area contributed by atoms with Crippen molar-refractivity contribution in [3.63, 3.8) is 0 Å². The van der Waals surface area contributed by atoms with Crippen molar-refractivity contribution in [3.05, 3.63) is 72.1 Å². The van der Waals surface area contributed by atoms with E-state index in [1.165, 1.54) is 5.56 Å². The summed E-state index contributed by atoms with van der Waals surface area (Å²) < 4.78 is 0. The molecular weight excluding hydrogens is 336 g/mol. The van der Waals surface area contributed by atoms with Crippen LogP contribution in [0.1, 0.15) is 36.2 Å². The molecule has 5 heteroatoms. The highest BCUT2D eigenvalue weighted by atomic mass is 16.1. The maximum atomic E-state index is 12.3. The van der Waals surface area contributed by atoms with Gasteiger partial charge in [-0.2, -0.15) is 0 Å². The summed E-state index contributed by atoms with van der Waals surface area (Å²) in [5.74, 6) is 0.411. The molecule has 2 aromatic carbocycles. The number of amides is 1. The van der Waals surface area contributed by atoms with Gasteiger partial charge in [0.05, 0.1) is 0 Å². The molecule has 1 amide bonds. The zero-order valence-electron chi connectivity index (χ0n) is 15.9. The number of rotatable bonds is 6. The number of hydrogen-bond acceptors (Lipinski definition) is 4. The minimum Gasteiger partial charge on any atom is -0.350 e. The summed E-state index contributed by atoms with van der Waals surface area (Å²) in [7, 11) is 0. The molecule has 0 saturated carbocycles. The number of aryl methyl sites for hydroxylation is 1. The second-order valence-electron chi connectivity index (χ2n) is 6.65. The Labute approximate surface area is 159 Å². The van der Waals surface area contributed by atoms with Crippen LogP contribution in [-0.2, 0) is 0 Å². The van der Waals surface area contributed by atoms with Crippen LogP contribution in [0.25, 0.3) is 11.1 Å². The van der Waals surface area contributed by atoms with Gasteiger partial charge in [0.15, 0.2) is 0 Å². The highest BCUT2D eigenvalue weighted by molar-refractivity contribution is 5.95. The van der Waals surface area contributed by atoms with Gasteiger partial charge in [-0.15, -0.1) is 0 Å². The van der Waals surface area contributed by atoms with E-state index in [9.17, 15) is 4.79 Å². The van der Waals surface area contributed by atoms with E-state index >= 15 is 0 Å². The Balaban J connectivity index is 1.71. The zero-order valence-corrected chi connectivity index (χ0v) is 15.9. The van der Waals surface area contributed by atoms with Crippen LogP contribution < -0.4 is 10.6 Å². The van der Waals surface area contributed by atoms with Crippen molar-refractivity contribution in [1.82, 2.24) is 15.3 Å². The first-order chi connectivity index (χ1) is 13.0. The molecule has 1 atom stereocenters. The van der Waals surface area contributed by atoms with Crippen LogP contribution in [0.15, 0.2) is 60.9 Å². The van der Waals surface area contributed by atoms with E-state index in [0.29, 0.717) is 11.5 Å². The van der Waals surface area contributed by atoms with E-state index in [1.54, 1.807) is 24.5 Å². The van der Waals surface area contributed by atoms with Crippen molar-refractivity contribution in [2.45, 2.75) is 33.2 Å². The molecule has 0 fully saturated rings. The predicted molar refractivity (Wildman–Crippen MR) is 109 cm³/mol. The van der Waals surface area contributed by atoms with Gasteiger partial charge in [-0.25, -0.2) is 9.97 Å². The lowest BCUT2D eigenvalue weighted by Crippen LogP contribution is -2.31. The summed E-state index contributed by atoms with van der Waals surface area (Å²) in [5.41, 5.74) is 4.64. The molecule has 3 rings (SSSR count). The molecule has 0 saturated heterocycles. The third-order valence-corrected chi connectivity index (χ3v) is 4.41. The highest BCUT2D eigenvalue weighted by Crippen LogP contribution is 2.20. The van der Waals surface area contributed by atoms with Crippen molar-refractivity contribution < 1.29 is 4.79 Å². The molecule has 0 unspecified atom stereocenters. The van der Waals surface area contributed by atoms with Crippen molar-refractivity contribution in [2.75, 3.05) is 5.32 Å². The SMILES string of the molecule is CC[C@H](C)NC(=O)c1cccc(Nc2ncc(-c3ccc(C)cc3)cn2)c1. The summed E-state index contributed by atoms with van der Waals surface area (Å²) >= 11 is 0. The Bertz CT molecular complexity index is 904. The number of nitrogens with one attached hydrogen (secondary N) is 2. The highest BCUT2D eigenvalue weighted by Gasteiger charge is 2.09. The number of carbonyl (C=O) groups excluding carboxylic acids is 1. The molecule has 0 aliphatic rings. The minimum absolute atomic E-state index is 0.0800. The second kappa shape index (κ2) is 8.45. The lowest BCUT2D eigenvalue weighted by molar-refractivity contribution is 0.0939. The van der Waals surface area contributed by atoms with Crippen LogP contribution in [0, 0.1) is 6.92 Å². The Hall–Kier alpha value is -3.21. The molecule has 0 spiro atoms. The van der Waals surface area contributed by atoms with E-state index < -0.39 is 0 Å². The van der Waals surface area contributed by atoms with Crippen molar-refractivity contribution >= 4 is 17.5 Å². The molecule has 2 N–H and O–H groups in total. The maximum Gasteiger partial charge on any atom is 0.251 e. The van der Waals surface area contributed by atoms with Gasteiger partial charge in [-0.3, -0.25) is 4.79 Å². The van der Waals surface area contributed by atoms with Crippen LogP contribution in [0.5, 0.6) is 0 Å². The average Bonchev–Trinajstić information content (AvgIpc) is 2.69. The summed E-state index contributed by atoms with van der Waals surface area (Å²) in [6, 6.07) is 15.7. The molecule has 0 aliphatic carbocycles. The minimum atomic E-state index is -0.0800. The van der Waals surface area contributed by atoms with Gasteiger partial charge in [0.2, 0.25) is 5.95 Å². The molecule has 1 aromatic heterocycles. The van der Waals surface area contributed by atoms with Crippen LogP contribution >= 0.6 is 0 Å². The fourth-order valence-electron chi connectivity index (χ4n) is 2.56. The van der Waals surface area contributed by atoms with E-state index in [0.717, 1.165) is 23.2 Å². The van der Waals surface area contributed by atoms with E-state index in [-0.39, 0.29) is 11.9 Å². The molecule has 138 valence electrons. The summed E-state index contributed by atoms with van der Waals surface area (Å²) in [4.78, 5) is 21.0. The molecule has 1 heterocycles. The number of nitrogens with zero attached hydrogens (tertiary/aromatic N) is 2. The Morgan fingerprint density at radius 1 is 1.04 bits per heavy atom. The molecule has 0 bridgehead atoms. The number of anilines is 2. The van der Waals surface area contributed by atoms with Crippen LogP contribution in [0.4, 0.5) is 11.6 Å². The summed E-state index contributed by atoms with van der Waals surface area (Å²) in [6.07, 6.45) is 4.48. The summed E-state index contributed by atoms with van der Waals surface area (Å²) in [6.45, 7) is 6.09.